The number of aliphatic hydroxyl groups is 1. The predicted octanol–water partition coefficient (Wildman–Crippen LogP) is 4.21. The van der Waals surface area contributed by atoms with E-state index in [0.29, 0.717) is 29.8 Å². The molecule has 2 aliphatic rings. The number of fused-ring (bicyclic) bond motifs is 1. The molecule has 1 atom stereocenters. The molecule has 1 amide bonds. The molecule has 182 valence electrons. The van der Waals surface area contributed by atoms with E-state index in [4.69, 9.17) is 9.47 Å². The molecule has 1 fully saturated rings. The van der Waals surface area contributed by atoms with Gasteiger partial charge in [-0.2, -0.15) is 0 Å². The molecule has 0 bridgehead atoms. The molecule has 0 aliphatic carbocycles. The van der Waals surface area contributed by atoms with Gasteiger partial charge in [0.2, 0.25) is 0 Å². The number of anilines is 1. The number of amides is 1. The molecule has 0 radical (unpaired) electrons. The average molecular weight is 485 g/mol. The Morgan fingerprint density at radius 3 is 2.61 bits per heavy atom. The van der Waals surface area contributed by atoms with Crippen molar-refractivity contribution in [2.24, 2.45) is 0 Å². The summed E-state index contributed by atoms with van der Waals surface area (Å²) >= 11 is 0. The molecule has 0 spiro atoms. The number of hydrogen-bond donors (Lipinski definition) is 1. The topological polar surface area (TPSA) is 106 Å². The van der Waals surface area contributed by atoms with E-state index in [2.05, 4.69) is 4.98 Å². The average Bonchev–Trinajstić information content (AvgIpc) is 3.45. The van der Waals surface area contributed by atoms with Crippen LogP contribution in [0.25, 0.3) is 5.76 Å². The molecular weight excluding hydrogens is 460 g/mol. The Morgan fingerprint density at radius 2 is 1.86 bits per heavy atom. The van der Waals surface area contributed by atoms with E-state index in [0.717, 1.165) is 11.3 Å². The Bertz CT molecular complexity index is 1400. The van der Waals surface area contributed by atoms with Gasteiger partial charge in [0.05, 0.1) is 29.9 Å². The number of aliphatic hydroxyl groups excluding tert-OH is 1. The number of benzene rings is 2. The summed E-state index contributed by atoms with van der Waals surface area (Å²) in [4.78, 5) is 44.6. The molecule has 36 heavy (non-hydrogen) atoms. The maximum absolute atomic E-state index is 13.4. The number of esters is 1. The first-order valence-electron chi connectivity index (χ1n) is 11.6. The van der Waals surface area contributed by atoms with E-state index >= 15 is 0 Å². The first-order valence-corrected chi connectivity index (χ1v) is 11.6. The largest absolute Gasteiger partial charge is 0.507 e. The Labute approximate surface area is 207 Å². The van der Waals surface area contributed by atoms with Crippen molar-refractivity contribution < 1.29 is 29.0 Å². The van der Waals surface area contributed by atoms with Crippen LogP contribution in [0.4, 0.5) is 5.69 Å². The van der Waals surface area contributed by atoms with Gasteiger partial charge in [-0.05, 0) is 73.5 Å². The van der Waals surface area contributed by atoms with Gasteiger partial charge in [-0.15, -0.1) is 0 Å². The van der Waals surface area contributed by atoms with Crippen LogP contribution in [0.15, 0.2) is 72.6 Å². The van der Waals surface area contributed by atoms with Crippen LogP contribution in [0.1, 0.15) is 46.9 Å². The molecule has 3 aromatic rings. The number of rotatable bonds is 5. The van der Waals surface area contributed by atoms with Crippen LogP contribution in [0.2, 0.25) is 0 Å². The lowest BCUT2D eigenvalue weighted by atomic mass is 9.95. The fourth-order valence-corrected chi connectivity index (χ4v) is 4.51. The van der Waals surface area contributed by atoms with Crippen molar-refractivity contribution in [3.63, 3.8) is 0 Å². The van der Waals surface area contributed by atoms with Crippen LogP contribution in [0.5, 0.6) is 5.75 Å². The van der Waals surface area contributed by atoms with Crippen LogP contribution in [0, 0.1) is 0 Å². The summed E-state index contributed by atoms with van der Waals surface area (Å²) in [5.74, 6) is -1.70. The zero-order valence-corrected chi connectivity index (χ0v) is 19.8. The number of carbonyl (C=O) groups excluding carboxylic acids is 3. The van der Waals surface area contributed by atoms with Crippen LogP contribution in [0.3, 0.4) is 0 Å². The minimum atomic E-state index is -0.922. The number of ether oxygens (including phenoxy) is 2. The third kappa shape index (κ3) is 4.11. The normalized spacial score (nSPS) is 18.3. The van der Waals surface area contributed by atoms with Gasteiger partial charge in [0.25, 0.3) is 11.7 Å². The van der Waals surface area contributed by atoms with Gasteiger partial charge in [0.1, 0.15) is 11.5 Å². The Morgan fingerprint density at radius 1 is 1.08 bits per heavy atom. The van der Waals surface area contributed by atoms with Crippen molar-refractivity contribution >= 4 is 29.1 Å². The second-order valence-electron chi connectivity index (χ2n) is 8.87. The Balaban J connectivity index is 1.64. The molecule has 1 saturated heterocycles. The molecule has 1 unspecified atom stereocenters. The third-order valence-corrected chi connectivity index (χ3v) is 6.13. The quantitative estimate of drug-likeness (QED) is 0.250. The molecule has 2 aromatic carbocycles. The lowest BCUT2D eigenvalue weighted by Gasteiger charge is -2.25. The van der Waals surface area contributed by atoms with Gasteiger partial charge in [-0.3, -0.25) is 19.5 Å². The van der Waals surface area contributed by atoms with Crippen LogP contribution in [-0.4, -0.2) is 40.5 Å². The van der Waals surface area contributed by atoms with Gasteiger partial charge < -0.3 is 14.6 Å². The zero-order chi connectivity index (χ0) is 25.4. The van der Waals surface area contributed by atoms with Crippen LogP contribution < -0.4 is 9.64 Å². The molecule has 0 saturated carbocycles. The highest BCUT2D eigenvalue weighted by Crippen LogP contribution is 2.42. The van der Waals surface area contributed by atoms with Crippen LogP contribution >= 0.6 is 0 Å². The predicted molar refractivity (Wildman–Crippen MR) is 132 cm³/mol. The summed E-state index contributed by atoms with van der Waals surface area (Å²) in [6.07, 6.45) is 3.49. The summed E-state index contributed by atoms with van der Waals surface area (Å²) in [7, 11) is 0. The standard InChI is InChI=1S/C28H24N2O6/c1-16(2)36-28(34)20-4-3-5-21(15-20)30-24(17-8-11-29-12-9-17)23(26(32)27(30)33)25(31)19-6-7-22-18(14-19)10-13-35-22/h3-9,11-12,14-16,24,31H,10,13H2,1-2H3/b25-23-. The maximum atomic E-state index is 13.4. The number of ketones is 1. The molecule has 1 N–H and O–H groups in total. The van der Waals surface area contributed by atoms with E-state index in [9.17, 15) is 19.5 Å². The van der Waals surface area contributed by atoms with E-state index < -0.39 is 23.7 Å². The van der Waals surface area contributed by atoms with Crippen molar-refractivity contribution in [1.29, 1.82) is 0 Å². The van der Waals surface area contributed by atoms with E-state index in [1.54, 1.807) is 74.8 Å². The van der Waals surface area contributed by atoms with E-state index in [1.165, 1.54) is 11.0 Å². The highest BCUT2D eigenvalue weighted by atomic mass is 16.5. The molecular formula is C28H24N2O6. The van der Waals surface area contributed by atoms with Crippen molar-refractivity contribution in [2.45, 2.75) is 32.4 Å². The highest BCUT2D eigenvalue weighted by Gasteiger charge is 2.47. The van der Waals surface area contributed by atoms with Crippen molar-refractivity contribution in [1.82, 2.24) is 4.98 Å². The lowest BCUT2D eigenvalue weighted by molar-refractivity contribution is -0.132. The van der Waals surface area contributed by atoms with Gasteiger partial charge >= 0.3 is 5.97 Å². The molecule has 3 heterocycles. The molecule has 1 aromatic heterocycles. The smallest absolute Gasteiger partial charge is 0.338 e. The summed E-state index contributed by atoms with van der Waals surface area (Å²) in [6, 6.07) is 14.0. The van der Waals surface area contributed by atoms with E-state index in [1.807, 2.05) is 0 Å². The number of pyridine rings is 1. The number of carbonyl (C=O) groups is 3. The van der Waals surface area contributed by atoms with Crippen molar-refractivity contribution in [2.75, 3.05) is 11.5 Å². The third-order valence-electron chi connectivity index (χ3n) is 6.13. The second kappa shape index (κ2) is 9.30. The summed E-state index contributed by atoms with van der Waals surface area (Å²) < 4.78 is 10.8. The number of hydrogen-bond acceptors (Lipinski definition) is 7. The monoisotopic (exact) mass is 484 g/mol. The highest BCUT2D eigenvalue weighted by molar-refractivity contribution is 6.51. The molecule has 8 nitrogen and oxygen atoms in total. The number of nitrogens with zero attached hydrogens (tertiary/aromatic N) is 2. The summed E-state index contributed by atoms with van der Waals surface area (Å²) in [6.45, 7) is 4.04. The number of Topliss-reactive ketones (excluding diaryl/α,β-unsaturated/α-hetero) is 1. The fraction of sp³-hybridized carbons (Fsp3) is 0.214. The van der Waals surface area contributed by atoms with Gasteiger partial charge in [0.15, 0.2) is 0 Å². The summed E-state index contributed by atoms with van der Waals surface area (Å²) in [5, 5.41) is 11.3. The zero-order valence-electron chi connectivity index (χ0n) is 19.8. The molecule has 2 aliphatic heterocycles. The Kier molecular flexibility index (Phi) is 6.01. The van der Waals surface area contributed by atoms with Gasteiger partial charge in [-0.25, -0.2) is 4.79 Å². The van der Waals surface area contributed by atoms with Crippen molar-refractivity contribution in [3.05, 3.63) is 94.8 Å². The van der Waals surface area contributed by atoms with E-state index in [-0.39, 0.29) is 23.0 Å². The van der Waals surface area contributed by atoms with Crippen LogP contribution in [-0.2, 0) is 20.7 Å². The Hall–Kier alpha value is -4.46. The first-order chi connectivity index (χ1) is 17.3. The second-order valence-corrected chi connectivity index (χ2v) is 8.87. The molecule has 5 rings (SSSR count). The SMILES string of the molecule is CC(C)OC(=O)c1cccc(N2C(=O)C(=O)/C(=C(\O)c3ccc4c(c3)CCO4)C2c2ccncc2)c1. The van der Waals surface area contributed by atoms with Gasteiger partial charge in [-0.1, -0.05) is 6.07 Å². The summed E-state index contributed by atoms with van der Waals surface area (Å²) in [5.41, 5.74) is 2.47. The lowest BCUT2D eigenvalue weighted by Crippen LogP contribution is -2.29. The number of aromatic nitrogens is 1. The maximum Gasteiger partial charge on any atom is 0.338 e. The first kappa shape index (κ1) is 23.3. The minimum Gasteiger partial charge on any atom is -0.507 e. The van der Waals surface area contributed by atoms with Crippen molar-refractivity contribution in [3.8, 4) is 5.75 Å². The fourth-order valence-electron chi connectivity index (χ4n) is 4.51. The minimum absolute atomic E-state index is 0.0415. The molecule has 8 heteroatoms. The van der Waals surface area contributed by atoms with Gasteiger partial charge in [0, 0.05) is 30.1 Å².